The first-order chi connectivity index (χ1) is 9.00. The van der Waals surface area contributed by atoms with Crippen LogP contribution in [0.5, 0.6) is 5.75 Å². The zero-order valence-corrected chi connectivity index (χ0v) is 12.6. The molecule has 0 bridgehead atoms. The number of ether oxygens (including phenoxy) is 1. The van der Waals surface area contributed by atoms with Crippen LogP contribution in [0.1, 0.15) is 26.7 Å². The van der Waals surface area contributed by atoms with Gasteiger partial charge in [-0.2, -0.15) is 0 Å². The van der Waals surface area contributed by atoms with Gasteiger partial charge in [0.25, 0.3) is 0 Å². The molecule has 0 aliphatic heterocycles. The first-order valence-electron chi connectivity index (χ1n) is 7.09. The molecule has 3 nitrogen and oxygen atoms in total. The van der Waals surface area contributed by atoms with Gasteiger partial charge >= 0.3 is 0 Å². The second-order valence-corrected chi connectivity index (χ2v) is 6.37. The fourth-order valence-electron chi connectivity index (χ4n) is 2.33. The van der Waals surface area contributed by atoms with Gasteiger partial charge in [0, 0.05) is 31.9 Å². The highest BCUT2D eigenvalue weighted by Gasteiger charge is 2.26. The van der Waals surface area contributed by atoms with Crippen molar-refractivity contribution in [3.63, 3.8) is 0 Å². The molecule has 1 aromatic carbocycles. The van der Waals surface area contributed by atoms with E-state index in [1.54, 1.807) is 7.11 Å². The Hall–Kier alpha value is -1.22. The molecule has 1 aromatic rings. The summed E-state index contributed by atoms with van der Waals surface area (Å²) in [6, 6.07) is 9.04. The van der Waals surface area contributed by atoms with Crippen molar-refractivity contribution >= 4 is 5.69 Å². The summed E-state index contributed by atoms with van der Waals surface area (Å²) >= 11 is 0. The molecule has 0 amide bonds. The third kappa shape index (κ3) is 4.43. The summed E-state index contributed by atoms with van der Waals surface area (Å²) in [5, 5.41) is 3.63. The van der Waals surface area contributed by atoms with E-state index in [4.69, 9.17) is 4.74 Å². The van der Waals surface area contributed by atoms with Crippen molar-refractivity contribution in [2.24, 2.45) is 5.41 Å². The Morgan fingerprint density at radius 2 is 1.89 bits per heavy atom. The lowest BCUT2D eigenvalue weighted by Crippen LogP contribution is -2.39. The molecule has 0 spiro atoms. The SMILES string of the molecule is COc1ccc(N(C)CC(C)(C)CNC2CC2)cc1. The largest absolute Gasteiger partial charge is 0.497 e. The molecular formula is C16H26N2O. The van der Waals surface area contributed by atoms with Crippen LogP contribution in [0.2, 0.25) is 0 Å². The van der Waals surface area contributed by atoms with Crippen LogP contribution >= 0.6 is 0 Å². The van der Waals surface area contributed by atoms with Crippen LogP contribution < -0.4 is 15.0 Å². The quantitative estimate of drug-likeness (QED) is 0.817. The monoisotopic (exact) mass is 262 g/mol. The Kier molecular flexibility index (Phi) is 4.35. The number of hydrogen-bond donors (Lipinski definition) is 1. The van der Waals surface area contributed by atoms with E-state index < -0.39 is 0 Å². The lowest BCUT2D eigenvalue weighted by molar-refractivity contribution is 0.345. The lowest BCUT2D eigenvalue weighted by atomic mass is 9.92. The van der Waals surface area contributed by atoms with Gasteiger partial charge in [0.05, 0.1) is 7.11 Å². The first-order valence-corrected chi connectivity index (χ1v) is 7.09. The van der Waals surface area contributed by atoms with E-state index in [1.807, 2.05) is 12.1 Å². The molecule has 2 rings (SSSR count). The van der Waals surface area contributed by atoms with Crippen LogP contribution in [0, 0.1) is 5.41 Å². The topological polar surface area (TPSA) is 24.5 Å². The van der Waals surface area contributed by atoms with Crippen molar-refractivity contribution in [2.45, 2.75) is 32.7 Å². The fraction of sp³-hybridized carbons (Fsp3) is 0.625. The van der Waals surface area contributed by atoms with Crippen LogP contribution in [-0.4, -0.2) is 33.3 Å². The number of rotatable bonds is 7. The molecule has 0 aromatic heterocycles. The molecule has 0 atom stereocenters. The molecule has 1 aliphatic rings. The number of anilines is 1. The average molecular weight is 262 g/mol. The number of nitrogens with zero attached hydrogens (tertiary/aromatic N) is 1. The predicted molar refractivity (Wildman–Crippen MR) is 81.1 cm³/mol. The molecule has 1 saturated carbocycles. The van der Waals surface area contributed by atoms with Gasteiger partial charge in [0.2, 0.25) is 0 Å². The van der Waals surface area contributed by atoms with Crippen molar-refractivity contribution in [3.05, 3.63) is 24.3 Å². The normalized spacial score (nSPS) is 15.4. The standard InChI is InChI=1S/C16H26N2O/c1-16(2,11-17-13-5-6-13)12-18(3)14-7-9-15(19-4)10-8-14/h7-10,13,17H,5-6,11-12H2,1-4H3. The number of benzene rings is 1. The van der Waals surface area contributed by atoms with E-state index >= 15 is 0 Å². The van der Waals surface area contributed by atoms with Gasteiger partial charge in [0.15, 0.2) is 0 Å². The van der Waals surface area contributed by atoms with E-state index in [0.717, 1.165) is 24.9 Å². The summed E-state index contributed by atoms with van der Waals surface area (Å²) in [6.07, 6.45) is 2.70. The maximum atomic E-state index is 5.19. The van der Waals surface area contributed by atoms with Gasteiger partial charge in [-0.3, -0.25) is 0 Å². The van der Waals surface area contributed by atoms with Gasteiger partial charge < -0.3 is 15.0 Å². The van der Waals surface area contributed by atoms with E-state index in [9.17, 15) is 0 Å². The Labute approximate surface area is 116 Å². The maximum Gasteiger partial charge on any atom is 0.119 e. The zero-order valence-electron chi connectivity index (χ0n) is 12.6. The zero-order chi connectivity index (χ0) is 13.9. The van der Waals surface area contributed by atoms with Gasteiger partial charge in [-0.05, 0) is 42.5 Å². The average Bonchev–Trinajstić information content (AvgIpc) is 3.20. The summed E-state index contributed by atoms with van der Waals surface area (Å²) < 4.78 is 5.19. The Balaban J connectivity index is 1.88. The highest BCUT2D eigenvalue weighted by atomic mass is 16.5. The smallest absolute Gasteiger partial charge is 0.119 e. The summed E-state index contributed by atoms with van der Waals surface area (Å²) in [7, 11) is 3.85. The first kappa shape index (κ1) is 14.2. The summed E-state index contributed by atoms with van der Waals surface area (Å²) in [5.74, 6) is 0.909. The molecular weight excluding hydrogens is 236 g/mol. The van der Waals surface area contributed by atoms with Gasteiger partial charge in [-0.15, -0.1) is 0 Å². The van der Waals surface area contributed by atoms with Crippen molar-refractivity contribution in [1.82, 2.24) is 5.32 Å². The number of methoxy groups -OCH3 is 1. The van der Waals surface area contributed by atoms with Crippen LogP contribution in [0.15, 0.2) is 24.3 Å². The molecule has 1 aliphatic carbocycles. The Morgan fingerprint density at radius 3 is 2.42 bits per heavy atom. The molecule has 1 N–H and O–H groups in total. The van der Waals surface area contributed by atoms with Crippen molar-refractivity contribution in [2.75, 3.05) is 32.1 Å². The van der Waals surface area contributed by atoms with Gasteiger partial charge in [0.1, 0.15) is 5.75 Å². The number of hydrogen-bond acceptors (Lipinski definition) is 3. The number of nitrogens with one attached hydrogen (secondary N) is 1. The molecule has 3 heteroatoms. The summed E-state index contributed by atoms with van der Waals surface area (Å²) in [5.41, 5.74) is 1.51. The van der Waals surface area contributed by atoms with Crippen molar-refractivity contribution < 1.29 is 4.74 Å². The lowest BCUT2D eigenvalue weighted by Gasteiger charge is -2.32. The molecule has 1 fully saturated rings. The predicted octanol–water partition coefficient (Wildman–Crippen LogP) is 2.91. The van der Waals surface area contributed by atoms with Crippen LogP contribution in [0.3, 0.4) is 0 Å². The Bertz CT molecular complexity index is 396. The van der Waals surface area contributed by atoms with E-state index in [-0.39, 0.29) is 5.41 Å². The molecule has 0 unspecified atom stereocenters. The maximum absolute atomic E-state index is 5.19. The van der Waals surface area contributed by atoms with E-state index in [0.29, 0.717) is 0 Å². The van der Waals surface area contributed by atoms with E-state index in [1.165, 1.54) is 18.5 Å². The van der Waals surface area contributed by atoms with Crippen LogP contribution in [0.4, 0.5) is 5.69 Å². The third-order valence-electron chi connectivity index (χ3n) is 3.63. The van der Waals surface area contributed by atoms with Crippen molar-refractivity contribution in [1.29, 1.82) is 0 Å². The Morgan fingerprint density at radius 1 is 1.26 bits per heavy atom. The van der Waals surface area contributed by atoms with Crippen LogP contribution in [-0.2, 0) is 0 Å². The highest BCUT2D eigenvalue weighted by Crippen LogP contribution is 2.25. The summed E-state index contributed by atoms with van der Waals surface area (Å²) in [4.78, 5) is 2.31. The van der Waals surface area contributed by atoms with Gasteiger partial charge in [-0.1, -0.05) is 13.8 Å². The molecule has 0 saturated heterocycles. The second-order valence-electron chi connectivity index (χ2n) is 6.37. The van der Waals surface area contributed by atoms with E-state index in [2.05, 4.69) is 43.2 Å². The van der Waals surface area contributed by atoms with Crippen molar-refractivity contribution in [3.8, 4) is 5.75 Å². The van der Waals surface area contributed by atoms with Crippen LogP contribution in [0.25, 0.3) is 0 Å². The minimum atomic E-state index is 0.275. The molecule has 0 heterocycles. The molecule has 19 heavy (non-hydrogen) atoms. The molecule has 106 valence electrons. The minimum Gasteiger partial charge on any atom is -0.497 e. The third-order valence-corrected chi connectivity index (χ3v) is 3.63. The molecule has 0 radical (unpaired) electrons. The summed E-state index contributed by atoms with van der Waals surface area (Å²) in [6.45, 7) is 6.77. The van der Waals surface area contributed by atoms with Gasteiger partial charge in [-0.25, -0.2) is 0 Å². The highest BCUT2D eigenvalue weighted by molar-refractivity contribution is 5.48. The fourth-order valence-corrected chi connectivity index (χ4v) is 2.33. The minimum absolute atomic E-state index is 0.275. The second kappa shape index (κ2) is 5.83.